The van der Waals surface area contributed by atoms with Crippen molar-refractivity contribution in [2.24, 2.45) is 11.8 Å². The average Bonchev–Trinajstić information content (AvgIpc) is 3.45. The molecule has 218 valence electrons. The van der Waals surface area contributed by atoms with Crippen LogP contribution in [0.3, 0.4) is 0 Å². The third-order valence-electron chi connectivity index (χ3n) is 8.37. The summed E-state index contributed by atoms with van der Waals surface area (Å²) in [6.07, 6.45) is 11.9. The second-order valence-electron chi connectivity index (χ2n) is 11.2. The van der Waals surface area contributed by atoms with Gasteiger partial charge in [-0.15, -0.1) is 0 Å². The average molecular weight is 550 g/mol. The summed E-state index contributed by atoms with van der Waals surface area (Å²) in [5.41, 5.74) is 10.5. The molecular formula is C33H47N3O4. The van der Waals surface area contributed by atoms with Gasteiger partial charge in [0.05, 0.1) is 13.7 Å². The van der Waals surface area contributed by atoms with Gasteiger partial charge in [-0.05, 0) is 100 Å². The highest BCUT2D eigenvalue weighted by Crippen LogP contribution is 2.39. The van der Waals surface area contributed by atoms with E-state index in [0.29, 0.717) is 42.0 Å². The fourth-order valence-electron chi connectivity index (χ4n) is 5.71. The molecule has 1 amide bonds. The lowest BCUT2D eigenvalue weighted by Crippen LogP contribution is -2.35. The van der Waals surface area contributed by atoms with Crippen LogP contribution in [0.15, 0.2) is 40.8 Å². The predicted octanol–water partition coefficient (Wildman–Crippen LogP) is 6.34. The summed E-state index contributed by atoms with van der Waals surface area (Å²) in [5.74, 6) is 4.42. The van der Waals surface area contributed by atoms with E-state index in [4.69, 9.17) is 19.6 Å². The molecule has 2 saturated heterocycles. The number of carbonyl (C=O) groups is 1. The highest BCUT2D eigenvalue weighted by atomic mass is 16.5. The number of benzene rings is 1. The van der Waals surface area contributed by atoms with Gasteiger partial charge in [0, 0.05) is 49.3 Å². The second-order valence-corrected chi connectivity index (χ2v) is 11.2. The molecule has 3 heterocycles. The van der Waals surface area contributed by atoms with E-state index in [0.717, 1.165) is 92.8 Å². The molecule has 1 aromatic carbocycles. The number of nitrogens with zero attached hydrogens (tertiary/aromatic N) is 1. The van der Waals surface area contributed by atoms with Crippen LogP contribution in [-0.2, 0) is 11.2 Å². The third-order valence-corrected chi connectivity index (χ3v) is 8.37. The Bertz CT molecular complexity index is 1190. The van der Waals surface area contributed by atoms with Crippen LogP contribution < -0.4 is 20.5 Å². The summed E-state index contributed by atoms with van der Waals surface area (Å²) in [6.45, 7) is 7.70. The van der Waals surface area contributed by atoms with Crippen molar-refractivity contribution in [3.63, 3.8) is 0 Å². The summed E-state index contributed by atoms with van der Waals surface area (Å²) in [5, 5.41) is 3.41. The van der Waals surface area contributed by atoms with Crippen LogP contribution in [0.1, 0.15) is 75.9 Å². The quantitative estimate of drug-likeness (QED) is 0.237. The van der Waals surface area contributed by atoms with Crippen LogP contribution in [0.25, 0.3) is 11.1 Å². The number of piperidine rings is 2. The fourth-order valence-corrected chi connectivity index (χ4v) is 5.71. The Kier molecular flexibility index (Phi) is 10.8. The first kappa shape index (κ1) is 29.8. The van der Waals surface area contributed by atoms with Gasteiger partial charge in [0.15, 0.2) is 11.5 Å². The highest BCUT2D eigenvalue weighted by Gasteiger charge is 2.23. The molecule has 2 aliphatic rings. The zero-order valence-electron chi connectivity index (χ0n) is 24.8. The van der Waals surface area contributed by atoms with E-state index >= 15 is 0 Å². The zero-order valence-corrected chi connectivity index (χ0v) is 24.8. The van der Waals surface area contributed by atoms with Crippen LogP contribution in [0.4, 0.5) is 5.69 Å². The van der Waals surface area contributed by atoms with Crippen LogP contribution in [0.5, 0.6) is 11.5 Å². The molecule has 0 bridgehead atoms. The number of amides is 1. The van der Waals surface area contributed by atoms with Crippen molar-refractivity contribution in [2.45, 2.75) is 65.2 Å². The maximum atomic E-state index is 12.2. The number of nitrogen functional groups attached to an aromatic ring is 1. The lowest BCUT2D eigenvalue weighted by molar-refractivity contribution is -0.133. The Morgan fingerprint density at radius 1 is 1.18 bits per heavy atom. The van der Waals surface area contributed by atoms with Gasteiger partial charge >= 0.3 is 0 Å². The number of likely N-dealkylation sites (tertiary alicyclic amines) is 1. The molecule has 3 N–H and O–H groups in total. The number of hydrogen-bond acceptors (Lipinski definition) is 6. The smallest absolute Gasteiger partial charge is 0.222 e. The van der Waals surface area contributed by atoms with Gasteiger partial charge in [0.2, 0.25) is 5.91 Å². The molecule has 40 heavy (non-hydrogen) atoms. The summed E-state index contributed by atoms with van der Waals surface area (Å²) >= 11 is 0. The molecular weight excluding hydrogens is 502 g/mol. The maximum Gasteiger partial charge on any atom is 0.222 e. The normalized spacial score (nSPS) is 19.2. The third kappa shape index (κ3) is 7.72. The van der Waals surface area contributed by atoms with Crippen molar-refractivity contribution in [3.8, 4) is 11.5 Å². The van der Waals surface area contributed by atoms with E-state index in [1.165, 1.54) is 0 Å². The van der Waals surface area contributed by atoms with E-state index in [2.05, 4.69) is 24.4 Å². The topological polar surface area (TPSA) is 90.0 Å². The number of allylic oxidation sites excluding steroid dienone is 4. The Hall–Kier alpha value is -3.19. The highest BCUT2D eigenvalue weighted by molar-refractivity contribution is 5.86. The number of carbonyl (C=O) groups excluding carboxylic acids is 1. The van der Waals surface area contributed by atoms with Gasteiger partial charge < -0.3 is 29.8 Å². The number of ether oxygens (including phenoxy) is 2. The number of aryl methyl sites for hydroxylation is 1. The molecule has 7 heteroatoms. The van der Waals surface area contributed by atoms with Crippen LogP contribution >= 0.6 is 0 Å². The largest absolute Gasteiger partial charge is 0.493 e. The maximum absolute atomic E-state index is 12.2. The lowest BCUT2D eigenvalue weighted by Gasteiger charge is -2.28. The number of nitrogens with one attached hydrogen (secondary N) is 1. The number of methoxy groups -OCH3 is 1. The number of rotatable bonds is 12. The molecule has 7 nitrogen and oxygen atoms in total. The van der Waals surface area contributed by atoms with Gasteiger partial charge in [-0.1, -0.05) is 13.0 Å². The Balaban J connectivity index is 1.58. The minimum Gasteiger partial charge on any atom is -0.493 e. The van der Waals surface area contributed by atoms with E-state index in [9.17, 15) is 4.79 Å². The van der Waals surface area contributed by atoms with E-state index < -0.39 is 0 Å². The first-order valence-corrected chi connectivity index (χ1v) is 14.9. The molecule has 1 atom stereocenters. The van der Waals surface area contributed by atoms with Crippen LogP contribution in [0.2, 0.25) is 0 Å². The molecule has 1 aromatic heterocycles. The standard InChI is InChI=1S/C33H47N3O4/c1-5-25(30-11-10-27(6-2)40-30)19-26(9-7-8-23-14-17-36(3)33(37)18-23)28-20-31(38-4)32(21-29(28)34)39-22-24-12-15-35-16-13-24/h5,10-11,19-21,23-24,35H,6-9,12-18,22,34H2,1-4H3/b25-5-,26-19-. The van der Waals surface area contributed by atoms with Gasteiger partial charge in [-0.2, -0.15) is 0 Å². The molecule has 2 fully saturated rings. The SMILES string of the molecule is C/C=C(/C=C(/CCCC1CCN(C)C(=O)C1)c1cc(OC)c(OCC2CCNCC2)cc1N)c1ccc(CC)o1. The zero-order chi connectivity index (χ0) is 28.5. The van der Waals surface area contributed by atoms with Crippen LogP contribution in [0, 0.1) is 11.8 Å². The molecule has 4 rings (SSSR count). The Labute approximate surface area is 239 Å². The number of furan rings is 1. The van der Waals surface area contributed by atoms with Gasteiger partial charge in [0.1, 0.15) is 11.5 Å². The van der Waals surface area contributed by atoms with Crippen LogP contribution in [-0.4, -0.2) is 51.2 Å². The lowest BCUT2D eigenvalue weighted by atomic mass is 9.88. The van der Waals surface area contributed by atoms with Gasteiger partial charge in [0.25, 0.3) is 0 Å². The summed E-state index contributed by atoms with van der Waals surface area (Å²) in [6, 6.07) is 8.00. The van der Waals surface area contributed by atoms with Crippen molar-refractivity contribution < 1.29 is 18.7 Å². The van der Waals surface area contributed by atoms with Crippen molar-refractivity contribution >= 4 is 22.7 Å². The fraction of sp³-hybridized carbons (Fsp3) is 0.545. The van der Waals surface area contributed by atoms with Gasteiger partial charge in [-0.25, -0.2) is 0 Å². The minimum atomic E-state index is 0.252. The van der Waals surface area contributed by atoms with E-state index in [1.54, 1.807) is 7.11 Å². The molecule has 1 unspecified atom stereocenters. The Morgan fingerprint density at radius 3 is 2.65 bits per heavy atom. The predicted molar refractivity (Wildman–Crippen MR) is 162 cm³/mol. The molecule has 0 aliphatic carbocycles. The number of nitrogens with two attached hydrogens (primary N) is 1. The first-order valence-electron chi connectivity index (χ1n) is 14.9. The monoisotopic (exact) mass is 549 g/mol. The van der Waals surface area contributed by atoms with Crippen molar-refractivity contribution in [2.75, 3.05) is 46.1 Å². The van der Waals surface area contributed by atoms with Crippen molar-refractivity contribution in [1.82, 2.24) is 10.2 Å². The van der Waals surface area contributed by atoms with Gasteiger partial charge in [-0.3, -0.25) is 4.79 Å². The van der Waals surface area contributed by atoms with Crippen molar-refractivity contribution in [1.29, 1.82) is 0 Å². The minimum absolute atomic E-state index is 0.252. The molecule has 0 spiro atoms. The molecule has 0 saturated carbocycles. The summed E-state index contributed by atoms with van der Waals surface area (Å²) < 4.78 is 18.1. The Morgan fingerprint density at radius 2 is 1.98 bits per heavy atom. The number of hydrogen-bond donors (Lipinski definition) is 2. The summed E-state index contributed by atoms with van der Waals surface area (Å²) in [7, 11) is 3.58. The summed E-state index contributed by atoms with van der Waals surface area (Å²) in [4.78, 5) is 14.1. The van der Waals surface area contributed by atoms with Crippen molar-refractivity contribution in [3.05, 3.63) is 53.5 Å². The molecule has 2 aromatic rings. The number of anilines is 1. The molecule has 2 aliphatic heterocycles. The molecule has 0 radical (unpaired) electrons. The van der Waals surface area contributed by atoms with E-state index in [-0.39, 0.29) is 5.91 Å². The second kappa shape index (κ2) is 14.4. The first-order chi connectivity index (χ1) is 19.4. The van der Waals surface area contributed by atoms with E-state index in [1.807, 2.05) is 43.1 Å².